The zero-order valence-corrected chi connectivity index (χ0v) is 33.8. The number of aromatic nitrogens is 4. The lowest BCUT2D eigenvalue weighted by molar-refractivity contribution is -0.135. The van der Waals surface area contributed by atoms with Crippen LogP contribution in [-0.2, 0) is 19.1 Å². The molecule has 0 radical (unpaired) electrons. The first-order valence-corrected chi connectivity index (χ1v) is 20.1. The van der Waals surface area contributed by atoms with Crippen LogP contribution >= 0.6 is 0 Å². The Hall–Kier alpha value is -6.62. The highest BCUT2D eigenvalue weighted by Gasteiger charge is 2.38. The van der Waals surface area contributed by atoms with Crippen LogP contribution in [0, 0.1) is 18.3 Å². The van der Waals surface area contributed by atoms with E-state index in [1.165, 1.54) is 14.2 Å². The Labute approximate surface area is 343 Å². The first-order chi connectivity index (χ1) is 28.6. The number of nitrogens with zero attached hydrogens (tertiary/aromatic N) is 4. The van der Waals surface area contributed by atoms with Gasteiger partial charge in [0.2, 0.25) is 11.8 Å². The lowest BCUT2D eigenvalue weighted by Gasteiger charge is -2.30. The average molecular weight is 799 g/mol. The summed E-state index contributed by atoms with van der Waals surface area (Å²) in [6, 6.07) is 19.1. The van der Waals surface area contributed by atoms with Crippen LogP contribution in [0.3, 0.4) is 0 Å². The molecule has 59 heavy (non-hydrogen) atoms. The maximum atomic E-state index is 13.6. The van der Waals surface area contributed by atoms with E-state index in [4.69, 9.17) is 20.9 Å². The molecule has 4 amide bonds. The zero-order chi connectivity index (χ0) is 41.6. The van der Waals surface area contributed by atoms with Crippen LogP contribution in [0.25, 0.3) is 44.4 Å². The number of nitrogens with one attached hydrogen (secondary N) is 4. The van der Waals surface area contributed by atoms with Gasteiger partial charge in [0, 0.05) is 25.1 Å². The number of imidazole rings is 2. The summed E-state index contributed by atoms with van der Waals surface area (Å²) in [5.74, 6) is 3.52. The number of alkyl carbamates (subject to hydrolysis) is 2. The number of rotatable bonds is 12. The quantitative estimate of drug-likeness (QED) is 0.0965. The maximum absolute atomic E-state index is 13.6. The Morgan fingerprint density at radius 2 is 1.25 bits per heavy atom. The van der Waals surface area contributed by atoms with E-state index >= 15 is 0 Å². The molecule has 2 saturated heterocycles. The highest BCUT2D eigenvalue weighted by Crippen LogP contribution is 2.35. The lowest BCUT2D eigenvalue weighted by atomic mass is 9.98. The molecule has 5 aromatic rings. The molecule has 306 valence electrons. The molecular formula is C45H50N8O6. The zero-order valence-electron chi connectivity index (χ0n) is 33.8. The predicted molar refractivity (Wildman–Crippen MR) is 223 cm³/mol. The van der Waals surface area contributed by atoms with Crippen LogP contribution in [0.5, 0.6) is 0 Å². The molecule has 4 atom stereocenters. The van der Waals surface area contributed by atoms with E-state index in [0.717, 1.165) is 75.9 Å². The summed E-state index contributed by atoms with van der Waals surface area (Å²) < 4.78 is 9.50. The van der Waals surface area contributed by atoms with Crippen molar-refractivity contribution in [1.82, 2.24) is 40.4 Å². The van der Waals surface area contributed by atoms with Crippen LogP contribution in [0.1, 0.15) is 76.1 Å². The van der Waals surface area contributed by atoms with E-state index in [-0.39, 0.29) is 29.8 Å². The minimum atomic E-state index is -0.778. The Balaban J connectivity index is 1.02. The first kappa shape index (κ1) is 40.6. The Kier molecular flexibility index (Phi) is 12.3. The predicted octanol–water partition coefficient (Wildman–Crippen LogP) is 7.13. The molecule has 0 bridgehead atoms. The molecule has 0 unspecified atom stereocenters. The summed E-state index contributed by atoms with van der Waals surface area (Å²) in [7, 11) is 2.55. The molecule has 4 heterocycles. The smallest absolute Gasteiger partial charge is 0.407 e. The summed E-state index contributed by atoms with van der Waals surface area (Å²) in [6.07, 6.45) is 11.6. The number of benzene rings is 3. The van der Waals surface area contributed by atoms with E-state index in [1.54, 1.807) is 11.1 Å². The number of methoxy groups -OCH3 is 2. The SMILES string of the molecule is C#CCC[C@H](NC(=O)OC)C(=O)N1CCC[C@H]1c1ncc(-c2ccc(-c3ccc4cc(-c5cnc([C@@H]6CCCN6C(=O)[C@@H](NC(=O)OC)C(C)C)[nH]5)ccc4c3)cc2)[nH]1. The van der Waals surface area contributed by atoms with E-state index in [0.29, 0.717) is 31.8 Å². The molecular weight excluding hydrogens is 749 g/mol. The number of carbonyl (C=O) groups excluding carboxylic acids is 4. The molecule has 3 aromatic carbocycles. The number of hydrogen-bond acceptors (Lipinski definition) is 8. The topological polar surface area (TPSA) is 175 Å². The molecule has 2 fully saturated rings. The molecule has 7 rings (SSSR count). The number of ether oxygens (including phenoxy) is 2. The maximum Gasteiger partial charge on any atom is 0.407 e. The number of hydrogen-bond donors (Lipinski definition) is 4. The molecule has 0 aliphatic carbocycles. The van der Waals surface area contributed by atoms with Gasteiger partial charge in [-0.2, -0.15) is 0 Å². The summed E-state index contributed by atoms with van der Waals surface area (Å²) >= 11 is 0. The van der Waals surface area contributed by atoms with Gasteiger partial charge in [0.05, 0.1) is 50.1 Å². The van der Waals surface area contributed by atoms with Crippen molar-refractivity contribution < 1.29 is 28.7 Å². The summed E-state index contributed by atoms with van der Waals surface area (Å²) in [6.45, 7) is 4.95. The standard InChI is InChI=1S/C45H50N8O6/c1-6-7-10-34(50-44(56)58-4)42(54)52-21-8-11-37(52)40-46-25-35(48-40)29-15-13-28(14-16-29)30-17-18-32-24-33(20-19-31(32)23-30)36-26-47-41(49-36)38-12-9-22-53(38)43(55)39(27(2)3)51-45(57)59-5/h1,13-20,23-27,34,37-39H,7-12,21-22H2,2-5H3,(H,46,48)(H,47,49)(H,50,56)(H,51,57)/t34-,37-,38-,39-/m0/s1. The fourth-order valence-corrected chi connectivity index (χ4v) is 8.13. The van der Waals surface area contributed by atoms with Crippen LogP contribution < -0.4 is 10.6 Å². The van der Waals surface area contributed by atoms with Crippen LogP contribution in [-0.4, -0.2) is 93.1 Å². The number of aromatic amines is 2. The molecule has 0 spiro atoms. The van der Waals surface area contributed by atoms with Gasteiger partial charge in [-0.05, 0) is 77.6 Å². The molecule has 2 aliphatic heterocycles. The molecule has 0 saturated carbocycles. The highest BCUT2D eigenvalue weighted by molar-refractivity contribution is 5.91. The second-order valence-corrected chi connectivity index (χ2v) is 15.4. The number of H-pyrrole nitrogens is 2. The molecule has 2 aliphatic rings. The van der Waals surface area contributed by atoms with Crippen molar-refractivity contribution in [3.05, 3.63) is 84.7 Å². The van der Waals surface area contributed by atoms with E-state index < -0.39 is 24.3 Å². The van der Waals surface area contributed by atoms with Gasteiger partial charge in [-0.1, -0.05) is 62.4 Å². The Morgan fingerprint density at radius 1 is 0.746 bits per heavy atom. The molecule has 14 nitrogen and oxygen atoms in total. The van der Waals surface area contributed by atoms with Crippen LogP contribution in [0.15, 0.2) is 73.1 Å². The lowest BCUT2D eigenvalue weighted by Crippen LogP contribution is -2.51. The van der Waals surface area contributed by atoms with Gasteiger partial charge in [-0.3, -0.25) is 9.59 Å². The number of terminal acetylenes is 1. The van der Waals surface area contributed by atoms with Crippen molar-refractivity contribution >= 4 is 34.8 Å². The fourth-order valence-electron chi connectivity index (χ4n) is 8.13. The number of carbonyl (C=O) groups is 4. The van der Waals surface area contributed by atoms with Gasteiger partial charge in [0.15, 0.2) is 0 Å². The van der Waals surface area contributed by atoms with Crippen molar-refractivity contribution in [3.8, 4) is 46.0 Å². The number of fused-ring (bicyclic) bond motifs is 1. The van der Waals surface area contributed by atoms with Gasteiger partial charge in [0.25, 0.3) is 0 Å². The monoisotopic (exact) mass is 798 g/mol. The summed E-state index contributed by atoms with van der Waals surface area (Å²) in [5.41, 5.74) is 5.81. The minimum Gasteiger partial charge on any atom is -0.453 e. The van der Waals surface area contributed by atoms with Crippen LogP contribution in [0.4, 0.5) is 9.59 Å². The minimum absolute atomic E-state index is 0.108. The van der Waals surface area contributed by atoms with Gasteiger partial charge < -0.3 is 39.9 Å². The van der Waals surface area contributed by atoms with E-state index in [1.807, 2.05) is 24.9 Å². The third-order valence-electron chi connectivity index (χ3n) is 11.3. The molecule has 2 aromatic heterocycles. The second kappa shape index (κ2) is 17.9. The van der Waals surface area contributed by atoms with Gasteiger partial charge in [-0.15, -0.1) is 12.3 Å². The van der Waals surface area contributed by atoms with Crippen molar-refractivity contribution in [3.63, 3.8) is 0 Å². The number of amides is 4. The van der Waals surface area contributed by atoms with Gasteiger partial charge in [0.1, 0.15) is 23.7 Å². The third kappa shape index (κ3) is 8.79. The Morgan fingerprint density at radius 3 is 1.83 bits per heavy atom. The van der Waals surface area contributed by atoms with Gasteiger partial charge >= 0.3 is 12.2 Å². The van der Waals surface area contributed by atoms with Crippen molar-refractivity contribution in [2.24, 2.45) is 5.92 Å². The summed E-state index contributed by atoms with van der Waals surface area (Å²) in [5, 5.41) is 7.52. The second-order valence-electron chi connectivity index (χ2n) is 15.4. The average Bonchev–Trinajstić information content (AvgIpc) is 4.10. The molecule has 14 heteroatoms. The normalized spacial score (nSPS) is 17.4. The third-order valence-corrected chi connectivity index (χ3v) is 11.3. The van der Waals surface area contributed by atoms with E-state index in [2.05, 4.69) is 92.2 Å². The summed E-state index contributed by atoms with van der Waals surface area (Å²) in [4.78, 5) is 70.9. The molecule has 4 N–H and O–H groups in total. The van der Waals surface area contributed by atoms with Crippen molar-refractivity contribution in [1.29, 1.82) is 0 Å². The number of likely N-dealkylation sites (tertiary alicyclic amines) is 2. The Bertz CT molecular complexity index is 2360. The fraction of sp³-hybridized carbons (Fsp3) is 0.378. The van der Waals surface area contributed by atoms with Gasteiger partial charge in [-0.25, -0.2) is 19.6 Å². The van der Waals surface area contributed by atoms with Crippen molar-refractivity contribution in [2.45, 2.75) is 76.5 Å². The largest absolute Gasteiger partial charge is 0.453 e. The van der Waals surface area contributed by atoms with E-state index in [9.17, 15) is 19.2 Å². The van der Waals surface area contributed by atoms with Crippen molar-refractivity contribution in [2.75, 3.05) is 27.3 Å². The van der Waals surface area contributed by atoms with Crippen LogP contribution in [0.2, 0.25) is 0 Å². The first-order valence-electron chi connectivity index (χ1n) is 20.1. The highest BCUT2D eigenvalue weighted by atomic mass is 16.5.